The lowest BCUT2D eigenvalue weighted by Gasteiger charge is -2.20. The molecule has 0 spiro atoms. The predicted octanol–water partition coefficient (Wildman–Crippen LogP) is 4.18. The van der Waals surface area contributed by atoms with Crippen LogP contribution in [0, 0.1) is 0 Å². The monoisotopic (exact) mass is 374 g/mol. The number of hydrogen-bond donors (Lipinski definition) is 1. The highest BCUT2D eigenvalue weighted by Crippen LogP contribution is 2.18. The quantitative estimate of drug-likeness (QED) is 0.852. The maximum Gasteiger partial charge on any atom is 0.256 e. The molecule has 4 nitrogen and oxygen atoms in total. The normalized spacial score (nSPS) is 10.2. The second-order valence-corrected chi connectivity index (χ2v) is 5.90. The van der Waals surface area contributed by atoms with Crippen molar-refractivity contribution < 1.29 is 9.59 Å². The SMILES string of the molecule is CCN(CC)C(=O)c1ccccc1C(=O)Nc1cccc(Br)c1. The molecule has 0 atom stereocenters. The molecular weight excluding hydrogens is 356 g/mol. The van der Waals surface area contributed by atoms with Crippen molar-refractivity contribution >= 4 is 33.4 Å². The van der Waals surface area contributed by atoms with Crippen LogP contribution in [-0.4, -0.2) is 29.8 Å². The highest BCUT2D eigenvalue weighted by Gasteiger charge is 2.20. The third-order valence-electron chi connectivity index (χ3n) is 3.54. The number of hydrogen-bond acceptors (Lipinski definition) is 2. The summed E-state index contributed by atoms with van der Waals surface area (Å²) in [6.45, 7) is 5.06. The Labute approximate surface area is 144 Å². The molecule has 2 rings (SSSR count). The number of nitrogens with zero attached hydrogens (tertiary/aromatic N) is 1. The molecule has 0 unspecified atom stereocenters. The van der Waals surface area contributed by atoms with Crippen LogP contribution in [0.1, 0.15) is 34.6 Å². The van der Waals surface area contributed by atoms with Crippen molar-refractivity contribution in [3.8, 4) is 0 Å². The minimum Gasteiger partial charge on any atom is -0.339 e. The van der Waals surface area contributed by atoms with E-state index in [1.165, 1.54) is 0 Å². The van der Waals surface area contributed by atoms with E-state index in [1.807, 2.05) is 32.0 Å². The summed E-state index contributed by atoms with van der Waals surface area (Å²) in [5, 5.41) is 2.83. The van der Waals surface area contributed by atoms with Gasteiger partial charge in [0.2, 0.25) is 0 Å². The summed E-state index contributed by atoms with van der Waals surface area (Å²) < 4.78 is 0.878. The number of carbonyl (C=O) groups is 2. The third kappa shape index (κ3) is 4.20. The fourth-order valence-electron chi connectivity index (χ4n) is 2.31. The van der Waals surface area contributed by atoms with Crippen LogP contribution in [0.15, 0.2) is 53.0 Å². The van der Waals surface area contributed by atoms with Crippen LogP contribution in [0.5, 0.6) is 0 Å². The van der Waals surface area contributed by atoms with E-state index < -0.39 is 0 Å². The van der Waals surface area contributed by atoms with Crippen molar-refractivity contribution in [1.29, 1.82) is 0 Å². The molecule has 0 aromatic heterocycles. The maximum absolute atomic E-state index is 12.6. The van der Waals surface area contributed by atoms with E-state index in [0.717, 1.165) is 4.47 Å². The van der Waals surface area contributed by atoms with Crippen LogP contribution in [0.3, 0.4) is 0 Å². The van der Waals surface area contributed by atoms with Gasteiger partial charge in [0.15, 0.2) is 0 Å². The van der Waals surface area contributed by atoms with Crippen LogP contribution >= 0.6 is 15.9 Å². The molecule has 23 heavy (non-hydrogen) atoms. The molecule has 0 bridgehead atoms. The smallest absolute Gasteiger partial charge is 0.256 e. The first-order chi connectivity index (χ1) is 11.1. The molecule has 5 heteroatoms. The standard InChI is InChI=1S/C18H19BrN2O2/c1-3-21(4-2)18(23)16-11-6-5-10-15(16)17(22)20-14-9-7-8-13(19)12-14/h5-12H,3-4H2,1-2H3,(H,20,22). The number of anilines is 1. The largest absolute Gasteiger partial charge is 0.339 e. The zero-order chi connectivity index (χ0) is 16.8. The predicted molar refractivity (Wildman–Crippen MR) is 95.8 cm³/mol. The van der Waals surface area contributed by atoms with Gasteiger partial charge in [-0.25, -0.2) is 0 Å². The van der Waals surface area contributed by atoms with Crippen molar-refractivity contribution in [2.24, 2.45) is 0 Å². The molecule has 0 saturated heterocycles. The van der Waals surface area contributed by atoms with E-state index in [9.17, 15) is 9.59 Å². The summed E-state index contributed by atoms with van der Waals surface area (Å²) in [5.41, 5.74) is 1.47. The van der Waals surface area contributed by atoms with Crippen molar-refractivity contribution in [2.75, 3.05) is 18.4 Å². The average Bonchev–Trinajstić information content (AvgIpc) is 2.56. The van der Waals surface area contributed by atoms with E-state index in [0.29, 0.717) is 29.9 Å². The second kappa shape index (κ2) is 7.92. The lowest BCUT2D eigenvalue weighted by molar-refractivity contribution is 0.0768. The van der Waals surface area contributed by atoms with Crippen LogP contribution < -0.4 is 5.32 Å². The van der Waals surface area contributed by atoms with Gasteiger partial charge in [-0.2, -0.15) is 0 Å². The third-order valence-corrected chi connectivity index (χ3v) is 4.03. The minimum atomic E-state index is -0.292. The molecule has 0 radical (unpaired) electrons. The molecule has 0 saturated carbocycles. The zero-order valence-corrected chi connectivity index (χ0v) is 14.8. The number of halogens is 1. The lowest BCUT2D eigenvalue weighted by atomic mass is 10.1. The fraction of sp³-hybridized carbons (Fsp3) is 0.222. The van der Waals surface area contributed by atoms with Gasteiger partial charge in [0, 0.05) is 23.2 Å². The number of amides is 2. The first-order valence-corrected chi connectivity index (χ1v) is 8.31. The van der Waals surface area contributed by atoms with Crippen LogP contribution in [0.25, 0.3) is 0 Å². The molecule has 0 aliphatic rings. The van der Waals surface area contributed by atoms with Gasteiger partial charge in [0.1, 0.15) is 0 Å². The Bertz CT molecular complexity index is 712. The number of rotatable bonds is 5. The van der Waals surface area contributed by atoms with E-state index >= 15 is 0 Å². The summed E-state index contributed by atoms with van der Waals surface area (Å²) in [6.07, 6.45) is 0. The van der Waals surface area contributed by atoms with Gasteiger partial charge in [-0.05, 0) is 44.2 Å². The highest BCUT2D eigenvalue weighted by atomic mass is 79.9. The number of benzene rings is 2. The van der Waals surface area contributed by atoms with Gasteiger partial charge in [0.25, 0.3) is 11.8 Å². The van der Waals surface area contributed by atoms with Crippen molar-refractivity contribution in [3.05, 3.63) is 64.1 Å². The van der Waals surface area contributed by atoms with Gasteiger partial charge >= 0.3 is 0 Å². The Morgan fingerprint density at radius 2 is 1.65 bits per heavy atom. The summed E-state index contributed by atoms with van der Waals surface area (Å²) in [7, 11) is 0. The second-order valence-electron chi connectivity index (χ2n) is 4.99. The van der Waals surface area contributed by atoms with Crippen LogP contribution in [0.2, 0.25) is 0 Å². The Morgan fingerprint density at radius 3 is 2.26 bits per heavy atom. The number of carbonyl (C=O) groups excluding carboxylic acids is 2. The summed E-state index contributed by atoms with van der Waals surface area (Å²) in [5.74, 6) is -0.422. The zero-order valence-electron chi connectivity index (χ0n) is 13.2. The van der Waals surface area contributed by atoms with E-state index in [4.69, 9.17) is 0 Å². The Morgan fingerprint density at radius 1 is 1.00 bits per heavy atom. The topological polar surface area (TPSA) is 49.4 Å². The molecule has 1 N–H and O–H groups in total. The Balaban J connectivity index is 2.29. The van der Waals surface area contributed by atoms with E-state index in [2.05, 4.69) is 21.2 Å². The molecule has 120 valence electrons. The molecule has 2 aromatic rings. The van der Waals surface area contributed by atoms with Gasteiger partial charge in [-0.3, -0.25) is 9.59 Å². The highest BCUT2D eigenvalue weighted by molar-refractivity contribution is 9.10. The van der Waals surface area contributed by atoms with Crippen LogP contribution in [-0.2, 0) is 0 Å². The lowest BCUT2D eigenvalue weighted by Crippen LogP contribution is -2.32. The van der Waals surface area contributed by atoms with Crippen molar-refractivity contribution in [3.63, 3.8) is 0 Å². The first-order valence-electron chi connectivity index (χ1n) is 7.52. The number of nitrogens with one attached hydrogen (secondary N) is 1. The average molecular weight is 375 g/mol. The summed E-state index contributed by atoms with van der Waals surface area (Å²) >= 11 is 3.37. The van der Waals surface area contributed by atoms with Gasteiger partial charge in [-0.1, -0.05) is 34.1 Å². The van der Waals surface area contributed by atoms with Gasteiger partial charge in [0.05, 0.1) is 11.1 Å². The minimum absolute atomic E-state index is 0.130. The van der Waals surface area contributed by atoms with Crippen molar-refractivity contribution in [1.82, 2.24) is 4.90 Å². The molecule has 0 aliphatic heterocycles. The van der Waals surface area contributed by atoms with Gasteiger partial charge in [-0.15, -0.1) is 0 Å². The van der Waals surface area contributed by atoms with Crippen molar-refractivity contribution in [2.45, 2.75) is 13.8 Å². The first kappa shape index (κ1) is 17.2. The fourth-order valence-corrected chi connectivity index (χ4v) is 2.71. The molecular formula is C18H19BrN2O2. The Hall–Kier alpha value is -2.14. The molecule has 2 aromatic carbocycles. The van der Waals surface area contributed by atoms with E-state index in [-0.39, 0.29) is 11.8 Å². The van der Waals surface area contributed by atoms with Crippen LogP contribution in [0.4, 0.5) is 5.69 Å². The van der Waals surface area contributed by atoms with Gasteiger partial charge < -0.3 is 10.2 Å². The molecule has 2 amide bonds. The maximum atomic E-state index is 12.6. The van der Waals surface area contributed by atoms with E-state index in [1.54, 1.807) is 35.2 Å². The molecule has 0 fully saturated rings. The molecule has 0 aliphatic carbocycles. The summed E-state index contributed by atoms with van der Waals surface area (Å²) in [4.78, 5) is 26.8. The summed E-state index contributed by atoms with van der Waals surface area (Å²) in [6, 6.07) is 14.2. The Kier molecular flexibility index (Phi) is 5.93. The molecule has 0 heterocycles.